The number of carbonyl (C=O) groups is 4. The normalized spacial score (nSPS) is 15.8. The van der Waals surface area contributed by atoms with Gasteiger partial charge in [0, 0.05) is 37.4 Å². The van der Waals surface area contributed by atoms with Gasteiger partial charge in [-0.3, -0.25) is 14.4 Å². The zero-order valence-corrected chi connectivity index (χ0v) is 19.5. The quantitative estimate of drug-likeness (QED) is 0.116. The maximum Gasteiger partial charge on any atom is 0.433 e. The van der Waals surface area contributed by atoms with Crippen molar-refractivity contribution < 1.29 is 28.8 Å². The first-order chi connectivity index (χ1) is 16.2. The number of urea groups is 1. The zero-order valence-electron chi connectivity index (χ0n) is 19.5. The molecule has 1 saturated heterocycles. The molecule has 0 bridgehead atoms. The fourth-order valence-electron chi connectivity index (χ4n) is 3.03. The lowest BCUT2D eigenvalue weighted by atomic mass is 10.2. The van der Waals surface area contributed by atoms with E-state index in [-0.39, 0.29) is 24.7 Å². The summed E-state index contributed by atoms with van der Waals surface area (Å²) in [6, 6.07) is 5.46. The number of amides is 4. The molecule has 0 unspecified atom stereocenters. The summed E-state index contributed by atoms with van der Waals surface area (Å²) in [6.07, 6.45) is -0.234. The molecule has 13 nitrogen and oxygen atoms in total. The van der Waals surface area contributed by atoms with Crippen molar-refractivity contribution in [2.24, 2.45) is 10.9 Å². The first kappa shape index (κ1) is 26.4. The van der Waals surface area contributed by atoms with Crippen molar-refractivity contribution in [2.45, 2.75) is 18.9 Å². The number of hydrogen-bond donors (Lipinski definition) is 4. The number of benzene rings is 1. The summed E-state index contributed by atoms with van der Waals surface area (Å²) in [5, 5.41) is 11.3. The Morgan fingerprint density at radius 1 is 1.18 bits per heavy atom. The van der Waals surface area contributed by atoms with E-state index in [4.69, 9.17) is 10.6 Å². The van der Waals surface area contributed by atoms with Gasteiger partial charge in [-0.05, 0) is 44.8 Å². The monoisotopic (exact) mass is 477 g/mol. The standard InChI is InChI=1S/C21H31N7O6/c1-27(2)13-11-24-21(32)34-26-18(22)14-4-6-15(7-5-14)28-12-9-16(19(28)30)25-20(31)23-10-8-17(29)33-3/h4-7,16H,8-13H2,1-3H3,(H2,22,26)(H,24,32)(H2,23,25,31)/t16-/m0/s1. The highest BCUT2D eigenvalue weighted by Gasteiger charge is 2.33. The van der Waals surface area contributed by atoms with Crippen LogP contribution < -0.4 is 26.6 Å². The third-order valence-electron chi connectivity index (χ3n) is 4.88. The molecule has 0 saturated carbocycles. The predicted octanol–water partition coefficient (Wildman–Crippen LogP) is -0.438. The number of nitrogens with two attached hydrogens (primary N) is 1. The lowest BCUT2D eigenvalue weighted by Gasteiger charge is -2.18. The van der Waals surface area contributed by atoms with Crippen LogP contribution in [-0.2, 0) is 19.2 Å². The van der Waals surface area contributed by atoms with E-state index < -0.39 is 24.1 Å². The summed E-state index contributed by atoms with van der Waals surface area (Å²) in [5.74, 6) is -0.687. The van der Waals surface area contributed by atoms with Gasteiger partial charge in [-0.15, -0.1) is 0 Å². The number of carbonyl (C=O) groups excluding carboxylic acids is 4. The zero-order chi connectivity index (χ0) is 25.1. The van der Waals surface area contributed by atoms with E-state index in [1.54, 1.807) is 29.2 Å². The molecule has 0 spiro atoms. The van der Waals surface area contributed by atoms with Crippen LogP contribution >= 0.6 is 0 Å². The number of methoxy groups -OCH3 is 1. The topological polar surface area (TPSA) is 168 Å². The van der Waals surface area contributed by atoms with Gasteiger partial charge in [0.25, 0.3) is 0 Å². The number of amidine groups is 1. The number of anilines is 1. The average Bonchev–Trinajstić information content (AvgIpc) is 3.16. The van der Waals surface area contributed by atoms with Gasteiger partial charge in [-0.2, -0.15) is 0 Å². The Morgan fingerprint density at radius 3 is 2.53 bits per heavy atom. The van der Waals surface area contributed by atoms with Gasteiger partial charge in [0.1, 0.15) is 6.04 Å². The van der Waals surface area contributed by atoms with Gasteiger partial charge in [0.2, 0.25) is 5.91 Å². The van der Waals surface area contributed by atoms with Crippen molar-refractivity contribution in [3.8, 4) is 0 Å². The Balaban J connectivity index is 1.85. The Hall–Kier alpha value is -3.87. The molecule has 1 fully saturated rings. The smallest absolute Gasteiger partial charge is 0.433 e. The van der Waals surface area contributed by atoms with Gasteiger partial charge >= 0.3 is 18.1 Å². The minimum Gasteiger partial charge on any atom is -0.469 e. The van der Waals surface area contributed by atoms with Gasteiger partial charge in [0.15, 0.2) is 5.84 Å². The molecule has 1 aliphatic rings. The molecule has 1 aliphatic heterocycles. The first-order valence-electron chi connectivity index (χ1n) is 10.7. The van der Waals surface area contributed by atoms with Crippen molar-refractivity contribution >= 4 is 35.5 Å². The lowest BCUT2D eigenvalue weighted by molar-refractivity contribution is -0.140. The molecule has 1 heterocycles. The highest BCUT2D eigenvalue weighted by atomic mass is 16.7. The maximum absolute atomic E-state index is 12.7. The largest absolute Gasteiger partial charge is 0.469 e. The molecule has 0 radical (unpaired) electrons. The van der Waals surface area contributed by atoms with Crippen LogP contribution in [0.2, 0.25) is 0 Å². The predicted molar refractivity (Wildman–Crippen MR) is 124 cm³/mol. The van der Waals surface area contributed by atoms with Crippen LogP contribution in [0.5, 0.6) is 0 Å². The Labute approximate surface area is 197 Å². The van der Waals surface area contributed by atoms with Crippen LogP contribution in [0.25, 0.3) is 0 Å². The van der Waals surface area contributed by atoms with E-state index in [9.17, 15) is 19.2 Å². The summed E-state index contributed by atoms with van der Waals surface area (Å²) in [4.78, 5) is 55.6. The molecule has 186 valence electrons. The van der Waals surface area contributed by atoms with Crippen molar-refractivity contribution in [2.75, 3.05) is 52.3 Å². The van der Waals surface area contributed by atoms with Crippen LogP contribution in [0.4, 0.5) is 15.3 Å². The third kappa shape index (κ3) is 8.24. The summed E-state index contributed by atoms with van der Waals surface area (Å²) >= 11 is 0. The van der Waals surface area contributed by atoms with E-state index in [1.165, 1.54) is 7.11 Å². The molecule has 0 aromatic heterocycles. The van der Waals surface area contributed by atoms with Gasteiger partial charge in [-0.1, -0.05) is 5.16 Å². The molecule has 5 N–H and O–H groups in total. The van der Waals surface area contributed by atoms with Gasteiger partial charge in [-0.25, -0.2) is 9.59 Å². The molecule has 1 aromatic rings. The molecular weight excluding hydrogens is 446 g/mol. The molecule has 34 heavy (non-hydrogen) atoms. The minimum absolute atomic E-state index is 0.00484. The summed E-state index contributed by atoms with van der Waals surface area (Å²) in [7, 11) is 5.03. The van der Waals surface area contributed by atoms with Gasteiger partial charge < -0.3 is 36.2 Å². The van der Waals surface area contributed by atoms with E-state index in [0.717, 1.165) is 0 Å². The SMILES string of the molecule is COC(=O)CCNC(=O)N[C@H]1CCN(c2ccc(/C(N)=N/OC(=O)NCCN(C)C)cc2)C1=O. The van der Waals surface area contributed by atoms with Crippen molar-refractivity contribution in [1.82, 2.24) is 20.9 Å². The van der Waals surface area contributed by atoms with Crippen LogP contribution in [0, 0.1) is 0 Å². The number of nitrogens with one attached hydrogen (secondary N) is 3. The highest BCUT2D eigenvalue weighted by Crippen LogP contribution is 2.22. The van der Waals surface area contributed by atoms with Crippen molar-refractivity contribution in [3.05, 3.63) is 29.8 Å². The van der Waals surface area contributed by atoms with Crippen LogP contribution in [0.3, 0.4) is 0 Å². The molecular formula is C21H31N7O6. The highest BCUT2D eigenvalue weighted by molar-refractivity contribution is 6.02. The van der Waals surface area contributed by atoms with E-state index in [0.29, 0.717) is 37.3 Å². The molecule has 1 aromatic carbocycles. The van der Waals surface area contributed by atoms with Crippen LogP contribution in [-0.4, -0.2) is 88.2 Å². The second-order valence-corrected chi connectivity index (χ2v) is 7.69. The van der Waals surface area contributed by atoms with Crippen molar-refractivity contribution in [3.63, 3.8) is 0 Å². The number of ether oxygens (including phenoxy) is 1. The minimum atomic E-state index is -0.711. The molecule has 4 amide bonds. The first-order valence-corrected chi connectivity index (χ1v) is 10.7. The second-order valence-electron chi connectivity index (χ2n) is 7.69. The molecule has 0 aliphatic carbocycles. The Morgan fingerprint density at radius 2 is 1.88 bits per heavy atom. The average molecular weight is 478 g/mol. The number of esters is 1. The molecule has 1 atom stereocenters. The molecule has 13 heteroatoms. The number of nitrogens with zero attached hydrogens (tertiary/aromatic N) is 3. The lowest BCUT2D eigenvalue weighted by Crippen LogP contribution is -2.46. The van der Waals surface area contributed by atoms with Gasteiger partial charge in [0.05, 0.1) is 13.5 Å². The fraction of sp³-hybridized carbons (Fsp3) is 0.476. The van der Waals surface area contributed by atoms with Crippen LogP contribution in [0.1, 0.15) is 18.4 Å². The number of rotatable bonds is 10. The van der Waals surface area contributed by atoms with Crippen molar-refractivity contribution in [1.29, 1.82) is 0 Å². The van der Waals surface area contributed by atoms with E-state index >= 15 is 0 Å². The number of likely N-dealkylation sites (N-methyl/N-ethyl adjacent to an activating group) is 1. The maximum atomic E-state index is 12.7. The fourth-order valence-corrected chi connectivity index (χ4v) is 3.03. The number of hydrogen-bond acceptors (Lipinski definition) is 8. The third-order valence-corrected chi connectivity index (χ3v) is 4.88. The summed E-state index contributed by atoms with van der Waals surface area (Å²) in [5.41, 5.74) is 7.00. The summed E-state index contributed by atoms with van der Waals surface area (Å²) < 4.78 is 4.50. The van der Waals surface area contributed by atoms with Crippen LogP contribution in [0.15, 0.2) is 29.4 Å². The Bertz CT molecular complexity index is 903. The Kier molecular flexibility index (Phi) is 10.1. The summed E-state index contributed by atoms with van der Waals surface area (Å²) in [6.45, 7) is 1.59. The number of oxime groups is 1. The van der Waals surface area contributed by atoms with E-state index in [1.807, 2.05) is 19.0 Å². The second kappa shape index (κ2) is 13.0. The molecule has 2 rings (SSSR count). The van der Waals surface area contributed by atoms with E-state index in [2.05, 4.69) is 25.8 Å².